The third kappa shape index (κ3) is 3.20. The van der Waals surface area contributed by atoms with Gasteiger partial charge in [-0.1, -0.05) is 0 Å². The maximum Gasteiger partial charge on any atom is 0.133 e. The SMILES string of the molecule is COc1cc(C(N)C2COCCO2)c(OC)cc1Br. The molecule has 2 rings (SSSR count). The van der Waals surface area contributed by atoms with E-state index >= 15 is 0 Å². The molecule has 106 valence electrons. The Morgan fingerprint density at radius 3 is 2.58 bits per heavy atom. The highest BCUT2D eigenvalue weighted by Gasteiger charge is 2.26. The molecule has 1 fully saturated rings. The van der Waals surface area contributed by atoms with Crippen molar-refractivity contribution in [2.45, 2.75) is 12.1 Å². The Hall–Kier alpha value is -0.820. The first kappa shape index (κ1) is 14.6. The van der Waals surface area contributed by atoms with Crippen LogP contribution in [0.15, 0.2) is 16.6 Å². The molecule has 6 heteroatoms. The Labute approximate surface area is 121 Å². The molecule has 0 amide bonds. The van der Waals surface area contributed by atoms with E-state index in [2.05, 4.69) is 15.9 Å². The molecule has 0 saturated carbocycles. The minimum atomic E-state index is -0.322. The molecule has 19 heavy (non-hydrogen) atoms. The summed E-state index contributed by atoms with van der Waals surface area (Å²) in [5.74, 6) is 1.41. The molecule has 0 bridgehead atoms. The van der Waals surface area contributed by atoms with Crippen LogP contribution in [0.5, 0.6) is 11.5 Å². The van der Waals surface area contributed by atoms with Crippen LogP contribution in [0.4, 0.5) is 0 Å². The van der Waals surface area contributed by atoms with Gasteiger partial charge in [-0.3, -0.25) is 0 Å². The van der Waals surface area contributed by atoms with Crippen LogP contribution in [0.2, 0.25) is 0 Å². The molecule has 1 aromatic carbocycles. The normalized spacial score (nSPS) is 20.9. The van der Waals surface area contributed by atoms with Gasteiger partial charge in [-0.2, -0.15) is 0 Å². The maximum absolute atomic E-state index is 6.26. The molecule has 2 unspecified atom stereocenters. The summed E-state index contributed by atoms with van der Waals surface area (Å²) in [6, 6.07) is 3.39. The molecular weight excluding hydrogens is 314 g/mol. The van der Waals surface area contributed by atoms with Gasteiger partial charge in [0.2, 0.25) is 0 Å². The van der Waals surface area contributed by atoms with Gasteiger partial charge in [0.25, 0.3) is 0 Å². The summed E-state index contributed by atoms with van der Waals surface area (Å²) in [5, 5.41) is 0. The monoisotopic (exact) mass is 331 g/mol. The molecule has 1 saturated heterocycles. The lowest BCUT2D eigenvalue weighted by Gasteiger charge is -2.29. The number of hydrogen-bond donors (Lipinski definition) is 1. The highest BCUT2D eigenvalue weighted by atomic mass is 79.9. The molecule has 0 aromatic heterocycles. The van der Waals surface area contributed by atoms with E-state index in [1.165, 1.54) is 0 Å². The Balaban J connectivity index is 2.30. The average molecular weight is 332 g/mol. The smallest absolute Gasteiger partial charge is 0.133 e. The zero-order chi connectivity index (χ0) is 13.8. The molecule has 2 N–H and O–H groups in total. The molecule has 1 aliphatic rings. The fourth-order valence-corrected chi connectivity index (χ4v) is 2.54. The van der Waals surface area contributed by atoms with E-state index in [1.54, 1.807) is 14.2 Å². The minimum Gasteiger partial charge on any atom is -0.496 e. The predicted octanol–water partition coefficient (Wildman–Crippen LogP) is 1.88. The van der Waals surface area contributed by atoms with Gasteiger partial charge in [0.05, 0.1) is 44.6 Å². The van der Waals surface area contributed by atoms with E-state index in [-0.39, 0.29) is 12.1 Å². The second kappa shape index (κ2) is 6.56. The van der Waals surface area contributed by atoms with Crippen molar-refractivity contribution in [2.24, 2.45) is 5.73 Å². The van der Waals surface area contributed by atoms with Crippen molar-refractivity contribution in [1.82, 2.24) is 0 Å². The standard InChI is InChI=1S/C13H18BrNO4/c1-16-10-6-9(14)11(17-2)5-8(10)13(15)12-7-18-3-4-19-12/h5-6,12-13H,3-4,7,15H2,1-2H3. The van der Waals surface area contributed by atoms with E-state index in [0.717, 1.165) is 10.0 Å². The largest absolute Gasteiger partial charge is 0.496 e. The first-order chi connectivity index (χ1) is 9.17. The van der Waals surface area contributed by atoms with E-state index in [1.807, 2.05) is 12.1 Å². The summed E-state index contributed by atoms with van der Waals surface area (Å²) in [6.45, 7) is 1.67. The van der Waals surface area contributed by atoms with Crippen LogP contribution in [0.1, 0.15) is 11.6 Å². The number of benzene rings is 1. The summed E-state index contributed by atoms with van der Waals surface area (Å²) < 4.78 is 22.5. The maximum atomic E-state index is 6.26. The second-order valence-corrected chi connectivity index (χ2v) is 5.09. The highest BCUT2D eigenvalue weighted by Crippen LogP contribution is 2.36. The van der Waals surface area contributed by atoms with Crippen LogP contribution >= 0.6 is 15.9 Å². The van der Waals surface area contributed by atoms with Gasteiger partial charge in [-0.05, 0) is 28.1 Å². The molecule has 0 spiro atoms. The van der Waals surface area contributed by atoms with E-state index in [4.69, 9.17) is 24.7 Å². The van der Waals surface area contributed by atoms with Crippen LogP contribution < -0.4 is 15.2 Å². The van der Waals surface area contributed by atoms with Crippen molar-refractivity contribution in [3.05, 3.63) is 22.2 Å². The van der Waals surface area contributed by atoms with Gasteiger partial charge >= 0.3 is 0 Å². The Bertz CT molecular complexity index is 435. The number of rotatable bonds is 4. The van der Waals surface area contributed by atoms with Gasteiger partial charge in [0, 0.05) is 5.56 Å². The molecule has 1 aromatic rings. The van der Waals surface area contributed by atoms with Crippen molar-refractivity contribution in [1.29, 1.82) is 0 Å². The molecule has 2 atom stereocenters. The third-order valence-corrected chi connectivity index (χ3v) is 3.73. The second-order valence-electron chi connectivity index (χ2n) is 4.24. The molecule has 0 aliphatic carbocycles. The minimum absolute atomic E-state index is 0.173. The Kier molecular flexibility index (Phi) is 5.04. The van der Waals surface area contributed by atoms with Crippen LogP contribution in [0, 0.1) is 0 Å². The van der Waals surface area contributed by atoms with Gasteiger partial charge < -0.3 is 24.7 Å². The van der Waals surface area contributed by atoms with Crippen molar-refractivity contribution in [3.8, 4) is 11.5 Å². The zero-order valence-corrected chi connectivity index (χ0v) is 12.6. The number of hydrogen-bond acceptors (Lipinski definition) is 5. The van der Waals surface area contributed by atoms with E-state index in [9.17, 15) is 0 Å². The van der Waals surface area contributed by atoms with Gasteiger partial charge in [0.1, 0.15) is 17.6 Å². The lowest BCUT2D eigenvalue weighted by Crippen LogP contribution is -2.38. The highest BCUT2D eigenvalue weighted by molar-refractivity contribution is 9.10. The predicted molar refractivity (Wildman–Crippen MR) is 74.7 cm³/mol. The van der Waals surface area contributed by atoms with Gasteiger partial charge in [-0.25, -0.2) is 0 Å². The summed E-state index contributed by atoms with van der Waals surface area (Å²) in [6.07, 6.45) is -0.173. The number of nitrogens with two attached hydrogens (primary N) is 1. The molecule has 5 nitrogen and oxygen atoms in total. The lowest BCUT2D eigenvalue weighted by molar-refractivity contribution is -0.0977. The summed E-state index contributed by atoms with van der Waals surface area (Å²) >= 11 is 3.43. The zero-order valence-electron chi connectivity index (χ0n) is 11.0. The number of halogens is 1. The van der Waals surface area contributed by atoms with Crippen molar-refractivity contribution in [3.63, 3.8) is 0 Å². The van der Waals surface area contributed by atoms with Crippen LogP contribution in [0.3, 0.4) is 0 Å². The lowest BCUT2D eigenvalue weighted by atomic mass is 10.0. The Morgan fingerprint density at radius 1 is 1.26 bits per heavy atom. The summed E-state index contributed by atoms with van der Waals surface area (Å²) in [5.41, 5.74) is 7.11. The fourth-order valence-electron chi connectivity index (χ4n) is 2.06. The number of ether oxygens (including phenoxy) is 4. The van der Waals surface area contributed by atoms with Gasteiger partial charge in [-0.15, -0.1) is 0 Å². The first-order valence-corrected chi connectivity index (χ1v) is 6.83. The third-order valence-electron chi connectivity index (χ3n) is 3.11. The summed E-state index contributed by atoms with van der Waals surface area (Å²) in [7, 11) is 3.23. The fraction of sp³-hybridized carbons (Fsp3) is 0.538. The first-order valence-electron chi connectivity index (χ1n) is 6.03. The van der Waals surface area contributed by atoms with E-state index in [0.29, 0.717) is 31.3 Å². The van der Waals surface area contributed by atoms with E-state index < -0.39 is 0 Å². The Morgan fingerprint density at radius 2 is 2.00 bits per heavy atom. The molecule has 1 aliphatic heterocycles. The van der Waals surface area contributed by atoms with Crippen LogP contribution in [-0.2, 0) is 9.47 Å². The average Bonchev–Trinajstić information content (AvgIpc) is 2.47. The van der Waals surface area contributed by atoms with Gasteiger partial charge in [0.15, 0.2) is 0 Å². The molecule has 1 heterocycles. The molecular formula is C13H18BrNO4. The van der Waals surface area contributed by atoms with Crippen LogP contribution in [0.25, 0.3) is 0 Å². The van der Waals surface area contributed by atoms with Crippen LogP contribution in [-0.4, -0.2) is 40.1 Å². The van der Waals surface area contributed by atoms with Crippen molar-refractivity contribution < 1.29 is 18.9 Å². The van der Waals surface area contributed by atoms with Crippen molar-refractivity contribution >= 4 is 15.9 Å². The van der Waals surface area contributed by atoms with Crippen molar-refractivity contribution in [2.75, 3.05) is 34.0 Å². The molecule has 0 radical (unpaired) electrons. The number of methoxy groups -OCH3 is 2. The quantitative estimate of drug-likeness (QED) is 0.912. The summed E-state index contributed by atoms with van der Waals surface area (Å²) in [4.78, 5) is 0. The topological polar surface area (TPSA) is 62.9 Å².